The van der Waals surface area contributed by atoms with Crippen LogP contribution in [0.5, 0.6) is 5.75 Å². The molecule has 0 aliphatic heterocycles. The fraction of sp³-hybridized carbons (Fsp3) is 0. The molecule has 0 heterocycles. The van der Waals surface area contributed by atoms with Crippen LogP contribution in [0.4, 0.5) is 10.5 Å². The summed E-state index contributed by atoms with van der Waals surface area (Å²) in [7, 11) is 0. The second kappa shape index (κ2) is 5.51. The van der Waals surface area contributed by atoms with Crippen molar-refractivity contribution < 1.29 is 9.53 Å². The van der Waals surface area contributed by atoms with E-state index in [2.05, 4.69) is 5.32 Å². The molecule has 2 rings (SSSR count). The van der Waals surface area contributed by atoms with Crippen LogP contribution in [0.2, 0.25) is 0 Å². The largest absolute Gasteiger partial charge is 0.417 e. The van der Waals surface area contributed by atoms with E-state index >= 15 is 0 Å². The standard InChI is InChI=1S/C14H10N2O2/c15-10-11-5-4-6-12(9-11)16-14(17)18-13-7-2-1-3-8-13/h1-9H,(H,16,17). The summed E-state index contributed by atoms with van der Waals surface area (Å²) in [6, 6.07) is 17.4. The van der Waals surface area contributed by atoms with E-state index in [1.807, 2.05) is 12.1 Å². The molecule has 88 valence electrons. The van der Waals surface area contributed by atoms with Gasteiger partial charge in [0.1, 0.15) is 5.75 Å². The number of anilines is 1. The Labute approximate surface area is 104 Å². The molecule has 2 aromatic rings. The highest BCUT2D eigenvalue weighted by molar-refractivity contribution is 5.86. The number of benzene rings is 2. The van der Waals surface area contributed by atoms with Crippen molar-refractivity contribution in [2.24, 2.45) is 0 Å². The van der Waals surface area contributed by atoms with E-state index in [1.165, 1.54) is 0 Å². The number of hydrogen-bond acceptors (Lipinski definition) is 3. The van der Waals surface area contributed by atoms with Gasteiger partial charge < -0.3 is 4.74 Å². The Bertz CT molecular complexity index is 588. The van der Waals surface area contributed by atoms with Crippen LogP contribution in [0.25, 0.3) is 0 Å². The van der Waals surface area contributed by atoms with Crippen molar-refractivity contribution in [1.29, 1.82) is 5.26 Å². The second-order valence-corrected chi connectivity index (χ2v) is 3.52. The first-order chi connectivity index (χ1) is 8.78. The number of ether oxygens (including phenoxy) is 1. The van der Waals surface area contributed by atoms with E-state index in [4.69, 9.17) is 10.00 Å². The summed E-state index contributed by atoms with van der Waals surface area (Å²) in [6.07, 6.45) is -0.587. The smallest absolute Gasteiger partial charge is 0.410 e. The van der Waals surface area contributed by atoms with Crippen LogP contribution in [-0.2, 0) is 0 Å². The molecule has 0 aromatic heterocycles. The highest BCUT2D eigenvalue weighted by Crippen LogP contribution is 2.12. The van der Waals surface area contributed by atoms with Crippen LogP contribution in [0.15, 0.2) is 54.6 Å². The van der Waals surface area contributed by atoms with Gasteiger partial charge in [-0.15, -0.1) is 0 Å². The minimum absolute atomic E-state index is 0.464. The second-order valence-electron chi connectivity index (χ2n) is 3.52. The molecular formula is C14H10N2O2. The maximum absolute atomic E-state index is 11.6. The Morgan fingerprint density at radius 1 is 1.11 bits per heavy atom. The fourth-order valence-corrected chi connectivity index (χ4v) is 1.41. The lowest BCUT2D eigenvalue weighted by molar-refractivity contribution is 0.215. The minimum atomic E-state index is -0.587. The Morgan fingerprint density at radius 2 is 1.89 bits per heavy atom. The van der Waals surface area contributed by atoms with E-state index in [1.54, 1.807) is 48.5 Å². The highest BCUT2D eigenvalue weighted by Gasteiger charge is 2.04. The Kier molecular flexibility index (Phi) is 3.57. The molecule has 4 heteroatoms. The summed E-state index contributed by atoms with van der Waals surface area (Å²) in [5.74, 6) is 0.464. The molecule has 0 bridgehead atoms. The van der Waals surface area contributed by atoms with Gasteiger partial charge in [0.2, 0.25) is 0 Å². The first kappa shape index (κ1) is 11.7. The Morgan fingerprint density at radius 3 is 2.61 bits per heavy atom. The van der Waals surface area contributed by atoms with Gasteiger partial charge in [-0.1, -0.05) is 24.3 Å². The van der Waals surface area contributed by atoms with Gasteiger partial charge in [0.15, 0.2) is 0 Å². The molecular weight excluding hydrogens is 228 g/mol. The van der Waals surface area contributed by atoms with Crippen molar-refractivity contribution in [2.45, 2.75) is 0 Å². The number of para-hydroxylation sites is 1. The van der Waals surface area contributed by atoms with Gasteiger partial charge in [-0.05, 0) is 30.3 Å². The molecule has 0 aliphatic carbocycles. The van der Waals surface area contributed by atoms with Gasteiger partial charge in [-0.2, -0.15) is 5.26 Å². The molecule has 1 amide bonds. The number of amides is 1. The molecule has 18 heavy (non-hydrogen) atoms. The Hall–Kier alpha value is -2.80. The van der Waals surface area contributed by atoms with Gasteiger partial charge in [0.05, 0.1) is 11.6 Å². The summed E-state index contributed by atoms with van der Waals surface area (Å²) < 4.78 is 5.06. The third-order valence-corrected chi connectivity index (χ3v) is 2.19. The molecule has 0 saturated carbocycles. The quantitative estimate of drug-likeness (QED) is 0.874. The predicted octanol–water partition coefficient (Wildman–Crippen LogP) is 3.17. The first-order valence-corrected chi connectivity index (χ1v) is 5.32. The number of nitriles is 1. The van der Waals surface area contributed by atoms with Crippen molar-refractivity contribution >= 4 is 11.8 Å². The lowest BCUT2D eigenvalue weighted by atomic mass is 10.2. The van der Waals surface area contributed by atoms with Crippen LogP contribution in [-0.4, -0.2) is 6.09 Å². The number of hydrogen-bond donors (Lipinski definition) is 1. The fourth-order valence-electron chi connectivity index (χ4n) is 1.41. The van der Waals surface area contributed by atoms with E-state index < -0.39 is 6.09 Å². The summed E-state index contributed by atoms with van der Waals surface area (Å²) in [6.45, 7) is 0. The maximum atomic E-state index is 11.6. The lowest BCUT2D eigenvalue weighted by Gasteiger charge is -2.06. The van der Waals surface area contributed by atoms with E-state index in [0.717, 1.165) is 0 Å². The highest BCUT2D eigenvalue weighted by atomic mass is 16.6. The monoisotopic (exact) mass is 238 g/mol. The first-order valence-electron chi connectivity index (χ1n) is 5.32. The van der Waals surface area contributed by atoms with Gasteiger partial charge in [-0.25, -0.2) is 4.79 Å². The molecule has 4 nitrogen and oxygen atoms in total. The van der Waals surface area contributed by atoms with Crippen LogP contribution in [0, 0.1) is 11.3 Å². The van der Waals surface area contributed by atoms with Crippen molar-refractivity contribution in [1.82, 2.24) is 0 Å². The van der Waals surface area contributed by atoms with Gasteiger partial charge in [0.25, 0.3) is 0 Å². The number of carbonyl (C=O) groups is 1. The van der Waals surface area contributed by atoms with Crippen LogP contribution >= 0.6 is 0 Å². The van der Waals surface area contributed by atoms with Crippen LogP contribution in [0.1, 0.15) is 5.56 Å². The SMILES string of the molecule is N#Cc1cccc(NC(=O)Oc2ccccc2)c1. The molecule has 1 N–H and O–H groups in total. The van der Waals surface area contributed by atoms with Crippen molar-refractivity contribution in [3.8, 4) is 11.8 Å². The average molecular weight is 238 g/mol. The van der Waals surface area contributed by atoms with Crippen molar-refractivity contribution in [3.05, 3.63) is 60.2 Å². The number of nitrogens with one attached hydrogen (secondary N) is 1. The average Bonchev–Trinajstić information content (AvgIpc) is 2.40. The minimum Gasteiger partial charge on any atom is -0.410 e. The molecule has 0 atom stereocenters. The van der Waals surface area contributed by atoms with E-state index in [0.29, 0.717) is 17.0 Å². The van der Waals surface area contributed by atoms with Crippen molar-refractivity contribution in [3.63, 3.8) is 0 Å². The third kappa shape index (κ3) is 3.09. The predicted molar refractivity (Wildman–Crippen MR) is 67.2 cm³/mol. The third-order valence-electron chi connectivity index (χ3n) is 2.19. The number of nitrogens with zero attached hydrogens (tertiary/aromatic N) is 1. The summed E-state index contributed by atoms with van der Waals surface area (Å²) in [5.41, 5.74) is 1.00. The molecule has 0 aliphatic rings. The van der Waals surface area contributed by atoms with Gasteiger partial charge >= 0.3 is 6.09 Å². The molecule has 2 aromatic carbocycles. The number of rotatable bonds is 2. The van der Waals surface area contributed by atoms with E-state index in [-0.39, 0.29) is 0 Å². The molecule has 0 fully saturated rings. The summed E-state index contributed by atoms with van der Waals surface area (Å²) in [5, 5.41) is 11.3. The Balaban J connectivity index is 2.01. The topological polar surface area (TPSA) is 62.1 Å². The zero-order chi connectivity index (χ0) is 12.8. The molecule has 0 unspecified atom stereocenters. The maximum Gasteiger partial charge on any atom is 0.417 e. The molecule has 0 saturated heterocycles. The van der Waals surface area contributed by atoms with Crippen LogP contribution < -0.4 is 10.1 Å². The van der Waals surface area contributed by atoms with Gasteiger partial charge in [0, 0.05) is 5.69 Å². The molecule has 0 radical (unpaired) electrons. The lowest BCUT2D eigenvalue weighted by Crippen LogP contribution is -2.16. The van der Waals surface area contributed by atoms with Crippen molar-refractivity contribution in [2.75, 3.05) is 5.32 Å². The van der Waals surface area contributed by atoms with Crippen LogP contribution in [0.3, 0.4) is 0 Å². The van der Waals surface area contributed by atoms with E-state index in [9.17, 15) is 4.79 Å². The van der Waals surface area contributed by atoms with Gasteiger partial charge in [-0.3, -0.25) is 5.32 Å². The zero-order valence-corrected chi connectivity index (χ0v) is 9.46. The normalized spacial score (nSPS) is 9.28. The zero-order valence-electron chi connectivity index (χ0n) is 9.46. The number of carbonyl (C=O) groups excluding carboxylic acids is 1. The summed E-state index contributed by atoms with van der Waals surface area (Å²) in [4.78, 5) is 11.6. The summed E-state index contributed by atoms with van der Waals surface area (Å²) >= 11 is 0. The molecule has 0 spiro atoms.